The van der Waals surface area contributed by atoms with Crippen LogP contribution < -0.4 is 4.74 Å². The van der Waals surface area contributed by atoms with Crippen LogP contribution >= 0.6 is 11.8 Å². The van der Waals surface area contributed by atoms with Crippen molar-refractivity contribution >= 4 is 28.6 Å². The Morgan fingerprint density at radius 3 is 2.62 bits per heavy atom. The van der Waals surface area contributed by atoms with Gasteiger partial charge in [-0.3, -0.25) is 0 Å². The number of esters is 1. The van der Waals surface area contributed by atoms with E-state index < -0.39 is 5.97 Å². The number of fused-ring (bicyclic) bond motifs is 1. The van der Waals surface area contributed by atoms with Crippen LogP contribution in [0, 0.1) is 0 Å². The Hall–Kier alpha value is -3.25. The fourth-order valence-electron chi connectivity index (χ4n) is 3.05. The van der Waals surface area contributed by atoms with Crippen LogP contribution in [-0.4, -0.2) is 25.2 Å². The second-order valence-corrected chi connectivity index (χ2v) is 7.30. The van der Waals surface area contributed by atoms with Crippen molar-refractivity contribution in [2.24, 2.45) is 0 Å². The molecule has 4 aromatic rings. The summed E-state index contributed by atoms with van der Waals surface area (Å²) in [6.07, 6.45) is 0. The van der Waals surface area contributed by atoms with Crippen LogP contribution in [0.4, 0.5) is 0 Å². The molecule has 0 aliphatic heterocycles. The van der Waals surface area contributed by atoms with E-state index in [1.165, 1.54) is 7.11 Å². The number of benzene rings is 2. The number of nitrogens with zero attached hydrogens (tertiary/aromatic N) is 1. The number of thioether (sulfide) groups is 1. The minimum atomic E-state index is -0.483. The molecule has 0 spiro atoms. The highest BCUT2D eigenvalue weighted by atomic mass is 32.2. The average molecular weight is 405 g/mol. The van der Waals surface area contributed by atoms with E-state index in [4.69, 9.17) is 14.1 Å². The smallest absolute Gasteiger partial charge is 0.373 e. The van der Waals surface area contributed by atoms with Crippen molar-refractivity contribution < 1.29 is 18.7 Å². The molecule has 0 aliphatic carbocycles. The third kappa shape index (κ3) is 4.12. The van der Waals surface area contributed by atoms with Crippen molar-refractivity contribution in [2.45, 2.75) is 10.8 Å². The maximum atomic E-state index is 11.6. The van der Waals surface area contributed by atoms with Gasteiger partial charge in [-0.25, -0.2) is 9.78 Å². The first-order valence-electron chi connectivity index (χ1n) is 9.02. The summed E-state index contributed by atoms with van der Waals surface area (Å²) >= 11 is 1.55. The predicted molar refractivity (Wildman–Crippen MR) is 113 cm³/mol. The molecule has 29 heavy (non-hydrogen) atoms. The van der Waals surface area contributed by atoms with Crippen LogP contribution in [0.25, 0.3) is 22.0 Å². The Kier molecular flexibility index (Phi) is 5.53. The SMILES string of the molecule is COC(=O)c1ccc(CSc2cc(-c3ccccc3)c3ccc(OC)cc3n2)o1. The van der Waals surface area contributed by atoms with Crippen LogP contribution in [0.2, 0.25) is 0 Å². The van der Waals surface area contributed by atoms with E-state index in [0.717, 1.165) is 32.8 Å². The molecule has 0 radical (unpaired) electrons. The summed E-state index contributed by atoms with van der Waals surface area (Å²) in [7, 11) is 2.98. The molecule has 6 heteroatoms. The Balaban J connectivity index is 1.68. The lowest BCUT2D eigenvalue weighted by molar-refractivity contribution is 0.0563. The highest BCUT2D eigenvalue weighted by Crippen LogP contribution is 2.34. The summed E-state index contributed by atoms with van der Waals surface area (Å²) in [4.78, 5) is 16.4. The number of carbonyl (C=O) groups excluding carboxylic acids is 1. The Bertz CT molecular complexity index is 1150. The predicted octanol–water partition coefficient (Wildman–Crippen LogP) is 5.58. The molecule has 2 heterocycles. The molecule has 0 N–H and O–H groups in total. The van der Waals surface area contributed by atoms with Gasteiger partial charge in [-0.2, -0.15) is 0 Å². The van der Waals surface area contributed by atoms with Gasteiger partial charge >= 0.3 is 5.97 Å². The van der Waals surface area contributed by atoms with Gasteiger partial charge in [0, 0.05) is 11.5 Å². The summed E-state index contributed by atoms with van der Waals surface area (Å²) in [5.41, 5.74) is 3.09. The molecule has 2 aromatic heterocycles. The van der Waals surface area contributed by atoms with Crippen LogP contribution in [0.15, 0.2) is 76.2 Å². The normalized spacial score (nSPS) is 10.8. The van der Waals surface area contributed by atoms with Crippen molar-refractivity contribution in [3.63, 3.8) is 0 Å². The third-order valence-corrected chi connectivity index (χ3v) is 5.42. The molecular formula is C23H19NO4S. The van der Waals surface area contributed by atoms with Gasteiger partial charge in [-0.1, -0.05) is 42.1 Å². The van der Waals surface area contributed by atoms with E-state index in [2.05, 4.69) is 22.9 Å². The largest absolute Gasteiger partial charge is 0.497 e. The fourth-order valence-corrected chi connectivity index (χ4v) is 3.86. The van der Waals surface area contributed by atoms with Crippen LogP contribution in [0.5, 0.6) is 5.75 Å². The average Bonchev–Trinajstić information content (AvgIpc) is 3.25. The summed E-state index contributed by atoms with van der Waals surface area (Å²) in [5, 5.41) is 1.92. The summed E-state index contributed by atoms with van der Waals surface area (Å²) in [6.45, 7) is 0. The molecule has 5 nitrogen and oxygen atoms in total. The molecule has 0 bridgehead atoms. The standard InChI is InChI=1S/C23H19NO4S/c1-26-16-8-10-18-19(15-6-4-3-5-7-15)13-22(24-20(18)12-16)29-14-17-9-11-21(28-17)23(25)27-2/h3-13H,14H2,1-2H3. The summed E-state index contributed by atoms with van der Waals surface area (Å²) < 4.78 is 15.6. The van der Waals surface area contributed by atoms with Gasteiger partial charge in [-0.15, -0.1) is 0 Å². The van der Waals surface area contributed by atoms with E-state index in [9.17, 15) is 4.79 Å². The summed E-state index contributed by atoms with van der Waals surface area (Å²) in [6, 6.07) is 21.6. The minimum absolute atomic E-state index is 0.198. The number of furan rings is 1. The molecule has 146 valence electrons. The number of methoxy groups -OCH3 is 2. The maximum absolute atomic E-state index is 11.6. The molecule has 4 rings (SSSR count). The second-order valence-electron chi connectivity index (χ2n) is 6.30. The van der Waals surface area contributed by atoms with E-state index in [1.54, 1.807) is 31.0 Å². The zero-order valence-corrected chi connectivity index (χ0v) is 16.9. The zero-order chi connectivity index (χ0) is 20.2. The molecule has 0 atom stereocenters. The first kappa shape index (κ1) is 19.1. The number of ether oxygens (including phenoxy) is 2. The Morgan fingerprint density at radius 2 is 1.86 bits per heavy atom. The molecule has 0 saturated heterocycles. The molecule has 0 aliphatic rings. The fraction of sp³-hybridized carbons (Fsp3) is 0.130. The maximum Gasteiger partial charge on any atom is 0.373 e. The van der Waals surface area contributed by atoms with Gasteiger partial charge in [0.05, 0.1) is 30.5 Å². The van der Waals surface area contributed by atoms with Crippen molar-refractivity contribution in [2.75, 3.05) is 14.2 Å². The quantitative estimate of drug-likeness (QED) is 0.308. The lowest BCUT2D eigenvalue weighted by Crippen LogP contribution is -1.98. The molecule has 0 unspecified atom stereocenters. The number of hydrogen-bond acceptors (Lipinski definition) is 6. The number of rotatable bonds is 6. The Morgan fingerprint density at radius 1 is 1.03 bits per heavy atom. The van der Waals surface area contributed by atoms with Gasteiger partial charge < -0.3 is 13.9 Å². The van der Waals surface area contributed by atoms with Crippen molar-refractivity contribution in [3.05, 3.63) is 78.3 Å². The first-order chi connectivity index (χ1) is 14.2. The van der Waals surface area contributed by atoms with E-state index in [1.807, 2.05) is 36.4 Å². The van der Waals surface area contributed by atoms with Crippen LogP contribution in [0.1, 0.15) is 16.3 Å². The topological polar surface area (TPSA) is 61.6 Å². The molecular weight excluding hydrogens is 386 g/mol. The molecule has 2 aromatic carbocycles. The number of carbonyl (C=O) groups is 1. The van der Waals surface area contributed by atoms with Crippen molar-refractivity contribution in [1.82, 2.24) is 4.98 Å². The monoisotopic (exact) mass is 405 g/mol. The first-order valence-corrected chi connectivity index (χ1v) is 10.0. The molecule has 0 fully saturated rings. The Labute approximate surface area is 172 Å². The van der Waals surface area contributed by atoms with Crippen LogP contribution in [-0.2, 0) is 10.5 Å². The minimum Gasteiger partial charge on any atom is -0.497 e. The van der Waals surface area contributed by atoms with E-state index >= 15 is 0 Å². The van der Waals surface area contributed by atoms with E-state index in [-0.39, 0.29) is 5.76 Å². The van der Waals surface area contributed by atoms with Gasteiger partial charge in [-0.05, 0) is 41.5 Å². The second kappa shape index (κ2) is 8.41. The van der Waals surface area contributed by atoms with Gasteiger partial charge in [0.15, 0.2) is 0 Å². The zero-order valence-electron chi connectivity index (χ0n) is 16.0. The van der Waals surface area contributed by atoms with Gasteiger partial charge in [0.25, 0.3) is 0 Å². The van der Waals surface area contributed by atoms with Crippen LogP contribution in [0.3, 0.4) is 0 Å². The number of pyridine rings is 1. The van der Waals surface area contributed by atoms with Gasteiger partial charge in [0.1, 0.15) is 11.5 Å². The van der Waals surface area contributed by atoms with E-state index in [0.29, 0.717) is 11.5 Å². The van der Waals surface area contributed by atoms with Crippen molar-refractivity contribution in [1.29, 1.82) is 0 Å². The summed E-state index contributed by atoms with van der Waals surface area (Å²) in [5.74, 6) is 1.71. The highest BCUT2D eigenvalue weighted by molar-refractivity contribution is 7.98. The highest BCUT2D eigenvalue weighted by Gasteiger charge is 2.13. The number of aromatic nitrogens is 1. The number of hydrogen-bond donors (Lipinski definition) is 0. The van der Waals surface area contributed by atoms with Gasteiger partial charge in [0.2, 0.25) is 5.76 Å². The third-order valence-electron chi connectivity index (χ3n) is 4.49. The molecule has 0 amide bonds. The lowest BCUT2D eigenvalue weighted by Gasteiger charge is -2.11. The lowest BCUT2D eigenvalue weighted by atomic mass is 10.0. The van der Waals surface area contributed by atoms with Crippen molar-refractivity contribution in [3.8, 4) is 16.9 Å². The molecule has 0 saturated carbocycles.